The highest BCUT2D eigenvalue weighted by molar-refractivity contribution is 5.94. The molecule has 2 aromatic carbocycles. The number of nitrogens with zero attached hydrogens (tertiary/aromatic N) is 5. The smallest absolute Gasteiger partial charge is 0.253 e. The number of rotatable bonds is 4. The molecule has 1 saturated heterocycles. The van der Waals surface area contributed by atoms with E-state index in [-0.39, 0.29) is 11.8 Å². The van der Waals surface area contributed by atoms with Gasteiger partial charge in [0, 0.05) is 42.4 Å². The quantitative estimate of drug-likeness (QED) is 0.435. The lowest BCUT2D eigenvalue weighted by Gasteiger charge is -2.32. The van der Waals surface area contributed by atoms with Crippen LogP contribution in [0.5, 0.6) is 0 Å². The van der Waals surface area contributed by atoms with Crippen LogP contribution < -0.4 is 0 Å². The zero-order valence-electron chi connectivity index (χ0n) is 18.8. The third-order valence-corrected chi connectivity index (χ3v) is 6.17. The first kappa shape index (κ1) is 21.5. The average molecular weight is 450 g/mol. The van der Waals surface area contributed by atoms with Crippen molar-refractivity contribution in [1.82, 2.24) is 20.0 Å². The van der Waals surface area contributed by atoms with Gasteiger partial charge >= 0.3 is 0 Å². The number of piperidine rings is 1. The highest BCUT2D eigenvalue weighted by Crippen LogP contribution is 2.35. The van der Waals surface area contributed by atoms with Crippen molar-refractivity contribution >= 4 is 5.91 Å². The predicted molar refractivity (Wildman–Crippen MR) is 127 cm³/mol. The summed E-state index contributed by atoms with van der Waals surface area (Å²) >= 11 is 0. The number of nitriles is 1. The number of carbonyl (C=O) groups excluding carboxylic acids is 1. The molecule has 7 nitrogen and oxygen atoms in total. The fourth-order valence-electron chi connectivity index (χ4n) is 4.34. The third kappa shape index (κ3) is 4.30. The molecule has 0 unspecified atom stereocenters. The van der Waals surface area contributed by atoms with E-state index < -0.39 is 0 Å². The first-order chi connectivity index (χ1) is 16.6. The molecule has 3 heterocycles. The van der Waals surface area contributed by atoms with E-state index in [4.69, 9.17) is 14.8 Å². The van der Waals surface area contributed by atoms with E-state index in [0.29, 0.717) is 35.8 Å². The molecule has 2 aromatic heterocycles. The first-order valence-corrected chi connectivity index (χ1v) is 11.3. The molecular formula is C27H23N5O2. The molecule has 0 saturated carbocycles. The molecule has 168 valence electrons. The third-order valence-electron chi connectivity index (χ3n) is 6.17. The molecule has 0 N–H and O–H groups in total. The van der Waals surface area contributed by atoms with Crippen LogP contribution in [-0.2, 0) is 0 Å². The molecule has 1 aliphatic rings. The lowest BCUT2D eigenvalue weighted by Crippen LogP contribution is -2.38. The van der Waals surface area contributed by atoms with Crippen molar-refractivity contribution in [2.45, 2.75) is 25.7 Å². The number of benzene rings is 2. The summed E-state index contributed by atoms with van der Waals surface area (Å²) in [6.07, 6.45) is 3.39. The molecule has 5 rings (SSSR count). The van der Waals surface area contributed by atoms with E-state index in [1.54, 1.807) is 24.3 Å². The van der Waals surface area contributed by atoms with Gasteiger partial charge in [0.25, 0.3) is 5.91 Å². The van der Waals surface area contributed by atoms with Gasteiger partial charge in [-0.2, -0.15) is 5.26 Å². The van der Waals surface area contributed by atoms with Gasteiger partial charge in [-0.1, -0.05) is 35.5 Å². The van der Waals surface area contributed by atoms with Crippen LogP contribution in [0.15, 0.2) is 71.4 Å². The summed E-state index contributed by atoms with van der Waals surface area (Å²) in [6, 6.07) is 20.7. The van der Waals surface area contributed by atoms with Crippen molar-refractivity contribution in [2.24, 2.45) is 0 Å². The normalized spacial score (nSPS) is 14.1. The SMILES string of the molecule is Cc1cc(-c2cnc(-c3ccccc3)nc2C2CCN(C(=O)c3ccc(C#N)cc3)CC2)on1. The number of aryl methyl sites for hydroxylation is 1. The van der Waals surface area contributed by atoms with Crippen molar-refractivity contribution in [2.75, 3.05) is 13.1 Å². The summed E-state index contributed by atoms with van der Waals surface area (Å²) in [5.41, 5.74) is 4.67. The van der Waals surface area contributed by atoms with Gasteiger partial charge in [-0.15, -0.1) is 0 Å². The lowest BCUT2D eigenvalue weighted by molar-refractivity contribution is 0.0712. The molecule has 4 aromatic rings. The highest BCUT2D eigenvalue weighted by Gasteiger charge is 2.28. The standard InChI is InChI=1S/C27H23N5O2/c1-18-15-24(34-31-18)23-17-29-26(21-5-3-2-4-6-21)30-25(23)20-11-13-32(14-12-20)27(33)22-9-7-19(16-28)8-10-22/h2-10,15,17,20H,11-14H2,1H3. The second-order valence-electron chi connectivity index (χ2n) is 8.45. The molecular weight excluding hydrogens is 426 g/mol. The van der Waals surface area contributed by atoms with Crippen LogP contribution in [0.2, 0.25) is 0 Å². The Morgan fingerprint density at radius 1 is 1.09 bits per heavy atom. The minimum atomic E-state index is -0.0123. The molecule has 0 atom stereocenters. The van der Waals surface area contributed by atoms with E-state index in [2.05, 4.69) is 16.2 Å². The number of hydrogen-bond donors (Lipinski definition) is 0. The number of carbonyl (C=O) groups is 1. The summed E-state index contributed by atoms with van der Waals surface area (Å²) in [5, 5.41) is 13.0. The highest BCUT2D eigenvalue weighted by atomic mass is 16.5. The van der Waals surface area contributed by atoms with Gasteiger partial charge in [0.05, 0.1) is 28.6 Å². The Morgan fingerprint density at radius 3 is 2.47 bits per heavy atom. The molecule has 0 radical (unpaired) electrons. The minimum Gasteiger partial charge on any atom is -0.356 e. The van der Waals surface area contributed by atoms with Gasteiger partial charge in [0.15, 0.2) is 11.6 Å². The maximum Gasteiger partial charge on any atom is 0.253 e. The summed E-state index contributed by atoms with van der Waals surface area (Å²) in [6.45, 7) is 3.14. The first-order valence-electron chi connectivity index (χ1n) is 11.3. The molecule has 0 bridgehead atoms. The Balaban J connectivity index is 1.40. The van der Waals surface area contributed by atoms with Gasteiger partial charge in [0.1, 0.15) is 0 Å². The second kappa shape index (κ2) is 9.28. The Bertz CT molecular complexity index is 1350. The molecule has 1 amide bonds. The summed E-state index contributed by atoms with van der Waals surface area (Å²) < 4.78 is 5.55. The van der Waals surface area contributed by atoms with Crippen LogP contribution in [0.3, 0.4) is 0 Å². The van der Waals surface area contributed by atoms with Crippen LogP contribution in [0.25, 0.3) is 22.7 Å². The van der Waals surface area contributed by atoms with E-state index in [1.807, 2.05) is 54.4 Å². The predicted octanol–water partition coefficient (Wildman–Crippen LogP) is 5.00. The molecule has 0 spiro atoms. The topological polar surface area (TPSA) is 95.9 Å². The van der Waals surface area contributed by atoms with Crippen molar-refractivity contribution in [3.63, 3.8) is 0 Å². The average Bonchev–Trinajstić information content (AvgIpc) is 3.34. The van der Waals surface area contributed by atoms with Crippen LogP contribution in [-0.4, -0.2) is 39.0 Å². The second-order valence-corrected chi connectivity index (χ2v) is 8.45. The summed E-state index contributed by atoms with van der Waals surface area (Å²) in [4.78, 5) is 24.4. The molecule has 34 heavy (non-hydrogen) atoms. The fraction of sp³-hybridized carbons (Fsp3) is 0.222. The van der Waals surface area contributed by atoms with E-state index >= 15 is 0 Å². The van der Waals surface area contributed by atoms with Crippen molar-refractivity contribution in [1.29, 1.82) is 5.26 Å². The van der Waals surface area contributed by atoms with E-state index in [0.717, 1.165) is 35.4 Å². The summed E-state index contributed by atoms with van der Waals surface area (Å²) in [5.74, 6) is 1.48. The minimum absolute atomic E-state index is 0.0123. The van der Waals surface area contributed by atoms with Gasteiger partial charge in [0.2, 0.25) is 0 Å². The zero-order chi connectivity index (χ0) is 23.5. The summed E-state index contributed by atoms with van der Waals surface area (Å²) in [7, 11) is 0. The zero-order valence-corrected chi connectivity index (χ0v) is 18.8. The van der Waals surface area contributed by atoms with Gasteiger partial charge in [-0.05, 0) is 44.0 Å². The monoisotopic (exact) mass is 449 g/mol. The number of amides is 1. The van der Waals surface area contributed by atoms with E-state index in [9.17, 15) is 4.79 Å². The Labute approximate surface area is 197 Å². The van der Waals surface area contributed by atoms with Crippen molar-refractivity contribution < 1.29 is 9.32 Å². The maximum atomic E-state index is 13.0. The van der Waals surface area contributed by atoms with E-state index in [1.165, 1.54) is 0 Å². The van der Waals surface area contributed by atoms with Crippen molar-refractivity contribution in [3.8, 4) is 28.8 Å². The Kier molecular flexibility index (Phi) is 5.88. The van der Waals surface area contributed by atoms with Crippen LogP contribution >= 0.6 is 0 Å². The van der Waals surface area contributed by atoms with Gasteiger partial charge < -0.3 is 9.42 Å². The molecule has 1 aliphatic heterocycles. The Morgan fingerprint density at radius 2 is 1.82 bits per heavy atom. The van der Waals surface area contributed by atoms with Crippen LogP contribution in [0.4, 0.5) is 0 Å². The lowest BCUT2D eigenvalue weighted by atomic mass is 9.89. The van der Waals surface area contributed by atoms with Crippen molar-refractivity contribution in [3.05, 3.63) is 89.4 Å². The van der Waals surface area contributed by atoms with Gasteiger partial charge in [-0.25, -0.2) is 9.97 Å². The molecule has 7 heteroatoms. The Hall–Kier alpha value is -4.31. The molecule has 1 fully saturated rings. The number of likely N-dealkylation sites (tertiary alicyclic amines) is 1. The molecule has 0 aliphatic carbocycles. The maximum absolute atomic E-state index is 13.0. The van der Waals surface area contributed by atoms with Crippen LogP contribution in [0.1, 0.15) is 46.1 Å². The fourth-order valence-corrected chi connectivity index (χ4v) is 4.34. The van der Waals surface area contributed by atoms with Gasteiger partial charge in [-0.3, -0.25) is 4.79 Å². The van der Waals surface area contributed by atoms with Crippen LogP contribution in [0, 0.1) is 18.3 Å². The number of hydrogen-bond acceptors (Lipinski definition) is 6. The number of aromatic nitrogens is 3. The largest absolute Gasteiger partial charge is 0.356 e.